The van der Waals surface area contributed by atoms with Crippen molar-refractivity contribution < 1.29 is 32.0 Å². The smallest absolute Gasteiger partial charge is 0.416 e. The Kier molecular flexibility index (Phi) is 6.44. The number of carbonyl (C=O) groups excluding carboxylic acids is 1. The summed E-state index contributed by atoms with van der Waals surface area (Å²) >= 11 is 3.24. The molecule has 0 saturated heterocycles. The fraction of sp³-hybridized carbons (Fsp3) is 0.421. The van der Waals surface area contributed by atoms with Crippen LogP contribution in [0.25, 0.3) is 11.6 Å². The van der Waals surface area contributed by atoms with Crippen LogP contribution < -0.4 is 9.47 Å². The number of benzene rings is 1. The lowest BCUT2D eigenvalue weighted by molar-refractivity contribution is -0.137. The summed E-state index contributed by atoms with van der Waals surface area (Å²) < 4.78 is 56.2. The standard InChI is InChI=1S/C19H17BrF3N5O4/c20-14-6-1-11(19(21,22)23)9-15(14)30-12-2-4-13(5-3-12)31-17-10-16(32-26-17)18-24-27-28(25-18)7-8-29/h1,6,8-10,12-13H,2-5,7H2. The van der Waals surface area contributed by atoms with Gasteiger partial charge in [0, 0.05) is 0 Å². The SMILES string of the molecule is O=CCn1nnc(-c2cc(OC3CCC(Oc4cc(C(F)(F)F)ccc4Br)CC3)no2)n1. The lowest BCUT2D eigenvalue weighted by atomic mass is 9.95. The summed E-state index contributed by atoms with van der Waals surface area (Å²) in [6, 6.07) is 4.88. The molecular formula is C19H17BrF3N5O4. The van der Waals surface area contributed by atoms with Crippen LogP contribution in [0.5, 0.6) is 11.6 Å². The summed E-state index contributed by atoms with van der Waals surface area (Å²) in [6.45, 7) is -0.0210. The number of carbonyl (C=O) groups is 1. The number of rotatable bonds is 7. The summed E-state index contributed by atoms with van der Waals surface area (Å²) in [4.78, 5) is 11.6. The molecule has 1 aliphatic rings. The molecule has 0 spiro atoms. The van der Waals surface area contributed by atoms with Gasteiger partial charge in [-0.3, -0.25) is 0 Å². The van der Waals surface area contributed by atoms with Gasteiger partial charge in [-0.1, -0.05) is 0 Å². The third-order valence-electron chi connectivity index (χ3n) is 4.86. The third kappa shape index (κ3) is 5.26. The van der Waals surface area contributed by atoms with E-state index in [-0.39, 0.29) is 42.0 Å². The van der Waals surface area contributed by atoms with Gasteiger partial charge in [0.1, 0.15) is 24.7 Å². The van der Waals surface area contributed by atoms with E-state index in [0.29, 0.717) is 36.4 Å². The second kappa shape index (κ2) is 9.27. The van der Waals surface area contributed by atoms with Gasteiger partial charge in [-0.05, 0) is 70.2 Å². The lowest BCUT2D eigenvalue weighted by Gasteiger charge is -2.29. The largest absolute Gasteiger partial charge is 0.489 e. The molecule has 32 heavy (non-hydrogen) atoms. The molecule has 170 valence electrons. The Morgan fingerprint density at radius 1 is 1.16 bits per heavy atom. The maximum Gasteiger partial charge on any atom is 0.416 e. The predicted molar refractivity (Wildman–Crippen MR) is 106 cm³/mol. The van der Waals surface area contributed by atoms with Crippen molar-refractivity contribution in [1.82, 2.24) is 25.4 Å². The van der Waals surface area contributed by atoms with Crippen LogP contribution in [0.1, 0.15) is 31.2 Å². The molecule has 0 N–H and O–H groups in total. The molecule has 1 saturated carbocycles. The molecule has 0 amide bonds. The zero-order valence-electron chi connectivity index (χ0n) is 16.5. The normalized spacial score (nSPS) is 19.0. The average Bonchev–Trinajstić information content (AvgIpc) is 3.40. The van der Waals surface area contributed by atoms with Gasteiger partial charge < -0.3 is 18.8 Å². The van der Waals surface area contributed by atoms with Crippen LogP contribution in [0.3, 0.4) is 0 Å². The van der Waals surface area contributed by atoms with Crippen molar-refractivity contribution in [2.24, 2.45) is 0 Å². The van der Waals surface area contributed by atoms with Crippen LogP contribution in [0.2, 0.25) is 0 Å². The Labute approximate surface area is 188 Å². The van der Waals surface area contributed by atoms with Gasteiger partial charge >= 0.3 is 6.18 Å². The second-order valence-electron chi connectivity index (χ2n) is 7.14. The van der Waals surface area contributed by atoms with E-state index in [0.717, 1.165) is 16.9 Å². The van der Waals surface area contributed by atoms with E-state index < -0.39 is 11.7 Å². The fourth-order valence-corrected chi connectivity index (χ4v) is 3.63. The molecule has 1 fully saturated rings. The van der Waals surface area contributed by atoms with E-state index in [1.165, 1.54) is 12.1 Å². The van der Waals surface area contributed by atoms with Crippen molar-refractivity contribution in [3.8, 4) is 23.2 Å². The first-order valence-corrected chi connectivity index (χ1v) is 10.5. The lowest BCUT2D eigenvalue weighted by Crippen LogP contribution is -2.30. The van der Waals surface area contributed by atoms with Gasteiger partial charge in [0.2, 0.25) is 11.6 Å². The van der Waals surface area contributed by atoms with Gasteiger partial charge in [0.25, 0.3) is 5.88 Å². The average molecular weight is 516 g/mol. The highest BCUT2D eigenvalue weighted by Gasteiger charge is 2.32. The Morgan fingerprint density at radius 3 is 2.56 bits per heavy atom. The summed E-state index contributed by atoms with van der Waals surface area (Å²) in [5.41, 5.74) is -0.754. The fourth-order valence-electron chi connectivity index (χ4n) is 3.29. The van der Waals surface area contributed by atoms with E-state index in [9.17, 15) is 18.0 Å². The molecule has 2 aromatic heterocycles. The van der Waals surface area contributed by atoms with E-state index in [1.54, 1.807) is 0 Å². The van der Waals surface area contributed by atoms with Crippen molar-refractivity contribution in [1.29, 1.82) is 0 Å². The second-order valence-corrected chi connectivity index (χ2v) is 8.00. The Morgan fingerprint density at radius 2 is 1.88 bits per heavy atom. The maximum atomic E-state index is 13.0. The molecule has 9 nitrogen and oxygen atoms in total. The number of tetrazole rings is 1. The molecule has 1 aliphatic carbocycles. The molecule has 2 heterocycles. The number of halogens is 4. The molecule has 0 unspecified atom stereocenters. The summed E-state index contributed by atoms with van der Waals surface area (Å²) in [5, 5.41) is 15.3. The number of hydrogen-bond donors (Lipinski definition) is 0. The first-order chi connectivity index (χ1) is 15.3. The number of nitrogens with zero attached hydrogens (tertiary/aromatic N) is 5. The minimum absolute atomic E-state index is 0.0210. The van der Waals surface area contributed by atoms with Crippen LogP contribution in [0.15, 0.2) is 33.3 Å². The minimum Gasteiger partial charge on any atom is -0.489 e. The van der Waals surface area contributed by atoms with Gasteiger partial charge in [-0.2, -0.15) is 18.0 Å². The first-order valence-electron chi connectivity index (χ1n) is 9.70. The van der Waals surface area contributed by atoms with E-state index >= 15 is 0 Å². The highest BCUT2D eigenvalue weighted by molar-refractivity contribution is 9.10. The van der Waals surface area contributed by atoms with E-state index in [1.807, 2.05) is 0 Å². The van der Waals surface area contributed by atoms with Crippen LogP contribution in [-0.2, 0) is 17.5 Å². The molecule has 4 rings (SSSR count). The highest BCUT2D eigenvalue weighted by Crippen LogP contribution is 2.37. The monoisotopic (exact) mass is 515 g/mol. The number of aromatic nitrogens is 5. The van der Waals surface area contributed by atoms with Gasteiger partial charge in [0.05, 0.1) is 22.2 Å². The molecule has 3 aromatic rings. The quantitative estimate of drug-likeness (QED) is 0.433. The Hall–Kier alpha value is -2.96. The zero-order valence-corrected chi connectivity index (χ0v) is 18.0. The third-order valence-corrected chi connectivity index (χ3v) is 5.52. The molecule has 0 radical (unpaired) electrons. The van der Waals surface area contributed by atoms with Crippen molar-refractivity contribution in [2.45, 2.75) is 50.6 Å². The maximum absolute atomic E-state index is 13.0. The number of ether oxygens (including phenoxy) is 2. The van der Waals surface area contributed by atoms with Gasteiger partial charge in [-0.15, -0.1) is 10.2 Å². The van der Waals surface area contributed by atoms with E-state index in [2.05, 4.69) is 36.5 Å². The minimum atomic E-state index is -4.43. The first kappa shape index (κ1) is 22.2. The van der Waals surface area contributed by atoms with Gasteiger partial charge in [0.15, 0.2) is 0 Å². The topological polar surface area (TPSA) is 105 Å². The van der Waals surface area contributed by atoms with Crippen LogP contribution in [0, 0.1) is 0 Å². The Balaban J connectivity index is 1.31. The number of aldehydes is 1. The van der Waals surface area contributed by atoms with Crippen LogP contribution >= 0.6 is 15.9 Å². The summed E-state index contributed by atoms with van der Waals surface area (Å²) in [6.07, 6.45) is -1.66. The van der Waals surface area contributed by atoms with Crippen molar-refractivity contribution in [3.63, 3.8) is 0 Å². The van der Waals surface area contributed by atoms with Crippen molar-refractivity contribution in [2.75, 3.05) is 0 Å². The zero-order chi connectivity index (χ0) is 22.7. The number of hydrogen-bond acceptors (Lipinski definition) is 8. The molecule has 13 heteroatoms. The van der Waals surface area contributed by atoms with Crippen molar-refractivity contribution in [3.05, 3.63) is 34.3 Å². The highest BCUT2D eigenvalue weighted by atomic mass is 79.9. The summed E-state index contributed by atoms with van der Waals surface area (Å²) in [5.74, 6) is 0.860. The molecule has 0 aliphatic heterocycles. The van der Waals surface area contributed by atoms with Crippen molar-refractivity contribution >= 4 is 22.2 Å². The molecule has 1 aromatic carbocycles. The number of alkyl halides is 3. The molecule has 0 atom stereocenters. The van der Waals surface area contributed by atoms with E-state index in [4.69, 9.17) is 14.0 Å². The molecular weight excluding hydrogens is 499 g/mol. The Bertz CT molecular complexity index is 1080. The predicted octanol–water partition coefficient (Wildman–Crippen LogP) is 4.08. The molecule has 0 bridgehead atoms. The van der Waals surface area contributed by atoms with Crippen LogP contribution in [-0.4, -0.2) is 43.9 Å². The summed E-state index contributed by atoms with van der Waals surface area (Å²) in [7, 11) is 0. The van der Waals surface area contributed by atoms with Gasteiger partial charge in [-0.25, -0.2) is 0 Å². The van der Waals surface area contributed by atoms with Crippen LogP contribution in [0.4, 0.5) is 13.2 Å².